The second-order valence-corrected chi connectivity index (χ2v) is 7.18. The van der Waals surface area contributed by atoms with Gasteiger partial charge in [-0.25, -0.2) is 4.68 Å². The molecule has 126 valence electrons. The van der Waals surface area contributed by atoms with Crippen LogP contribution in [0.1, 0.15) is 38.9 Å². The number of nitrogens with one attached hydrogen (secondary N) is 1. The molecule has 2 unspecified atom stereocenters. The van der Waals surface area contributed by atoms with Gasteiger partial charge in [0.2, 0.25) is 5.91 Å². The zero-order valence-electron chi connectivity index (χ0n) is 14.3. The maximum absolute atomic E-state index is 13.0. The molecule has 0 spiro atoms. The molecule has 0 radical (unpaired) electrons. The molecule has 2 atom stereocenters. The number of carbonyl (C=O) groups excluding carboxylic acids is 1. The van der Waals surface area contributed by atoms with Gasteiger partial charge < -0.3 is 5.32 Å². The molecule has 1 aromatic carbocycles. The van der Waals surface area contributed by atoms with Crippen LogP contribution in [-0.4, -0.2) is 21.7 Å². The van der Waals surface area contributed by atoms with Crippen LogP contribution < -0.4 is 10.9 Å². The van der Waals surface area contributed by atoms with Gasteiger partial charge in [0.25, 0.3) is 5.56 Å². The summed E-state index contributed by atoms with van der Waals surface area (Å²) in [6.45, 7) is 7.55. The van der Waals surface area contributed by atoms with Gasteiger partial charge >= 0.3 is 0 Å². The molecular formula is C18H21N3O2S. The van der Waals surface area contributed by atoms with Crippen molar-refractivity contribution in [1.82, 2.24) is 15.1 Å². The Morgan fingerprint density at radius 1 is 1.33 bits per heavy atom. The Kier molecular flexibility index (Phi) is 4.41. The average molecular weight is 343 g/mol. The normalized spacial score (nSPS) is 14.0. The van der Waals surface area contributed by atoms with Crippen molar-refractivity contribution in [3.8, 4) is 0 Å². The van der Waals surface area contributed by atoms with Crippen molar-refractivity contribution in [3.63, 3.8) is 0 Å². The van der Waals surface area contributed by atoms with E-state index in [1.54, 1.807) is 18.3 Å². The first-order valence-electron chi connectivity index (χ1n) is 8.15. The van der Waals surface area contributed by atoms with E-state index in [1.165, 1.54) is 4.68 Å². The molecule has 1 N–H and O–H groups in total. The fraction of sp³-hybridized carbons (Fsp3) is 0.389. The molecule has 24 heavy (non-hydrogen) atoms. The lowest BCUT2D eigenvalue weighted by molar-refractivity contribution is -0.124. The number of aromatic nitrogens is 2. The summed E-state index contributed by atoms with van der Waals surface area (Å²) in [7, 11) is 0. The second-order valence-electron chi connectivity index (χ2n) is 6.13. The number of fused-ring (bicyclic) bond motifs is 3. The maximum atomic E-state index is 13.0. The largest absolute Gasteiger partial charge is 0.352 e. The molecule has 2 heterocycles. The highest BCUT2D eigenvalue weighted by molar-refractivity contribution is 7.26. The third kappa shape index (κ3) is 2.71. The molecule has 0 aliphatic rings. The van der Waals surface area contributed by atoms with E-state index in [1.807, 2.05) is 45.0 Å². The predicted octanol–water partition coefficient (Wildman–Crippen LogP) is 3.40. The quantitative estimate of drug-likeness (QED) is 0.790. The summed E-state index contributed by atoms with van der Waals surface area (Å²) < 4.78 is 3.27. The lowest BCUT2D eigenvalue weighted by atomic mass is 10.2. The van der Waals surface area contributed by atoms with Gasteiger partial charge in [-0.2, -0.15) is 5.10 Å². The molecule has 3 rings (SSSR count). The van der Waals surface area contributed by atoms with Crippen molar-refractivity contribution in [2.75, 3.05) is 0 Å². The van der Waals surface area contributed by atoms with Gasteiger partial charge in [-0.05, 0) is 33.3 Å². The Morgan fingerprint density at radius 3 is 2.75 bits per heavy atom. The summed E-state index contributed by atoms with van der Waals surface area (Å²) in [5, 5.41) is 8.91. The number of benzene rings is 1. The molecule has 0 aliphatic heterocycles. The van der Waals surface area contributed by atoms with E-state index < -0.39 is 6.04 Å². The Labute approximate surface area is 144 Å². The third-order valence-electron chi connectivity index (χ3n) is 4.35. The first-order valence-corrected chi connectivity index (χ1v) is 8.96. The van der Waals surface area contributed by atoms with Gasteiger partial charge in [0, 0.05) is 16.1 Å². The van der Waals surface area contributed by atoms with Crippen LogP contribution in [0.25, 0.3) is 20.2 Å². The molecule has 2 aromatic heterocycles. The summed E-state index contributed by atoms with van der Waals surface area (Å²) in [6, 6.07) is 7.26. The number of carbonyl (C=O) groups is 1. The van der Waals surface area contributed by atoms with Crippen molar-refractivity contribution >= 4 is 37.4 Å². The number of hydrogen-bond donors (Lipinski definition) is 1. The van der Waals surface area contributed by atoms with Crippen molar-refractivity contribution in [3.05, 3.63) is 40.3 Å². The van der Waals surface area contributed by atoms with Gasteiger partial charge in [0.1, 0.15) is 6.04 Å². The highest BCUT2D eigenvalue weighted by atomic mass is 32.1. The van der Waals surface area contributed by atoms with E-state index in [0.717, 1.165) is 26.9 Å². The number of aryl methyl sites for hydroxylation is 1. The number of rotatable bonds is 4. The summed E-state index contributed by atoms with van der Waals surface area (Å²) in [5.41, 5.74) is 0.564. The first kappa shape index (κ1) is 16.6. The predicted molar refractivity (Wildman–Crippen MR) is 98.7 cm³/mol. The molecular weight excluding hydrogens is 322 g/mol. The first-order chi connectivity index (χ1) is 11.4. The van der Waals surface area contributed by atoms with Crippen LogP contribution in [0.4, 0.5) is 0 Å². The van der Waals surface area contributed by atoms with E-state index in [0.29, 0.717) is 5.39 Å². The van der Waals surface area contributed by atoms with Gasteiger partial charge in [-0.1, -0.05) is 25.1 Å². The lowest BCUT2D eigenvalue weighted by Gasteiger charge is -2.18. The molecule has 0 saturated carbocycles. The third-order valence-corrected chi connectivity index (χ3v) is 5.63. The summed E-state index contributed by atoms with van der Waals surface area (Å²) in [6.07, 6.45) is 0.841. The molecule has 6 heteroatoms. The van der Waals surface area contributed by atoms with Crippen molar-refractivity contribution < 1.29 is 4.79 Å². The summed E-state index contributed by atoms with van der Waals surface area (Å²) >= 11 is 1.57. The second kappa shape index (κ2) is 6.36. The van der Waals surface area contributed by atoms with Gasteiger partial charge in [0.05, 0.1) is 15.8 Å². The van der Waals surface area contributed by atoms with Crippen molar-refractivity contribution in [2.24, 2.45) is 0 Å². The molecule has 0 bridgehead atoms. The highest BCUT2D eigenvalue weighted by Gasteiger charge is 2.22. The SMILES string of the molecule is CCC(C)NC(=O)C(C)n1nc(C)c2sc3ccccc3c2c1=O. The molecule has 1 amide bonds. The molecule has 0 aliphatic carbocycles. The van der Waals surface area contributed by atoms with Crippen molar-refractivity contribution in [2.45, 2.75) is 46.2 Å². The zero-order chi connectivity index (χ0) is 17.4. The zero-order valence-corrected chi connectivity index (χ0v) is 15.1. The Hall–Kier alpha value is -2.21. The van der Waals surface area contributed by atoms with Crippen LogP contribution in [0.3, 0.4) is 0 Å². The number of hydrogen-bond acceptors (Lipinski definition) is 4. The standard InChI is InChI=1S/C18H21N3O2S/c1-5-10(2)19-17(22)12(4)21-18(23)15-13-8-6-7-9-14(13)24-16(15)11(3)20-21/h6-10,12H,5H2,1-4H3,(H,19,22). The van der Waals surface area contributed by atoms with E-state index in [4.69, 9.17) is 0 Å². The highest BCUT2D eigenvalue weighted by Crippen LogP contribution is 2.32. The minimum absolute atomic E-state index is 0.0717. The van der Waals surface area contributed by atoms with E-state index in [2.05, 4.69) is 10.4 Å². The van der Waals surface area contributed by atoms with Gasteiger partial charge in [0.15, 0.2) is 0 Å². The smallest absolute Gasteiger partial charge is 0.276 e. The van der Waals surface area contributed by atoms with Crippen LogP contribution in [0, 0.1) is 6.92 Å². The minimum atomic E-state index is -0.645. The van der Waals surface area contributed by atoms with Crippen LogP contribution >= 0.6 is 11.3 Å². The number of thiophene rings is 1. The Bertz CT molecular complexity index is 973. The molecule has 5 nitrogen and oxygen atoms in total. The van der Waals surface area contributed by atoms with E-state index >= 15 is 0 Å². The fourth-order valence-corrected chi connectivity index (χ4v) is 3.85. The molecule has 0 saturated heterocycles. The lowest BCUT2D eigenvalue weighted by Crippen LogP contribution is -2.40. The number of amides is 1. The maximum Gasteiger partial charge on any atom is 0.276 e. The van der Waals surface area contributed by atoms with Crippen LogP contribution in [0.2, 0.25) is 0 Å². The monoisotopic (exact) mass is 343 g/mol. The van der Waals surface area contributed by atoms with Gasteiger partial charge in [-0.3, -0.25) is 9.59 Å². The van der Waals surface area contributed by atoms with Gasteiger partial charge in [-0.15, -0.1) is 11.3 Å². The van der Waals surface area contributed by atoms with E-state index in [9.17, 15) is 9.59 Å². The fourth-order valence-electron chi connectivity index (χ4n) is 2.72. The summed E-state index contributed by atoms with van der Waals surface area (Å²) in [4.78, 5) is 25.4. The topological polar surface area (TPSA) is 64.0 Å². The van der Waals surface area contributed by atoms with Crippen LogP contribution in [0.5, 0.6) is 0 Å². The van der Waals surface area contributed by atoms with Crippen molar-refractivity contribution in [1.29, 1.82) is 0 Å². The van der Waals surface area contributed by atoms with Crippen LogP contribution in [-0.2, 0) is 4.79 Å². The number of nitrogens with zero attached hydrogens (tertiary/aromatic N) is 2. The van der Waals surface area contributed by atoms with Crippen LogP contribution in [0.15, 0.2) is 29.1 Å². The minimum Gasteiger partial charge on any atom is -0.352 e. The average Bonchev–Trinajstić information content (AvgIpc) is 2.97. The molecule has 3 aromatic rings. The summed E-state index contributed by atoms with van der Waals surface area (Å²) in [5.74, 6) is -0.183. The molecule has 0 fully saturated rings. The Morgan fingerprint density at radius 2 is 2.04 bits per heavy atom. The Balaban J connectivity index is 2.16. The van der Waals surface area contributed by atoms with E-state index in [-0.39, 0.29) is 17.5 Å².